The van der Waals surface area contributed by atoms with Crippen LogP contribution in [0.15, 0.2) is 0 Å². The standard InChI is InChI=1S/C11H22N2O2.ClH/c1-11(4-3-5-11)9-13-10(14)8-12-6-7-15-2;/h12H,3-9H2,1-2H3,(H,13,14);1H. The number of hydrogen-bond donors (Lipinski definition) is 2. The summed E-state index contributed by atoms with van der Waals surface area (Å²) in [6.45, 7) is 4.80. The minimum absolute atomic E-state index is 0. The van der Waals surface area contributed by atoms with Crippen molar-refractivity contribution >= 4 is 18.3 Å². The first-order valence-corrected chi connectivity index (χ1v) is 5.63. The number of carbonyl (C=O) groups excluding carboxylic acids is 1. The lowest BCUT2D eigenvalue weighted by Gasteiger charge is -2.38. The predicted molar refractivity (Wildman–Crippen MR) is 67.0 cm³/mol. The first-order chi connectivity index (χ1) is 7.16. The van der Waals surface area contributed by atoms with E-state index >= 15 is 0 Å². The molecule has 96 valence electrons. The molecule has 5 heteroatoms. The molecule has 0 heterocycles. The number of amides is 1. The third kappa shape index (κ3) is 5.68. The van der Waals surface area contributed by atoms with E-state index in [9.17, 15) is 4.79 Å². The van der Waals surface area contributed by atoms with E-state index in [4.69, 9.17) is 4.74 Å². The first-order valence-electron chi connectivity index (χ1n) is 5.63. The Kier molecular flexibility index (Phi) is 7.72. The lowest BCUT2D eigenvalue weighted by molar-refractivity contribution is -0.121. The van der Waals surface area contributed by atoms with E-state index in [1.165, 1.54) is 19.3 Å². The van der Waals surface area contributed by atoms with Crippen LogP contribution in [0.1, 0.15) is 26.2 Å². The van der Waals surface area contributed by atoms with Crippen molar-refractivity contribution in [2.24, 2.45) is 5.41 Å². The largest absolute Gasteiger partial charge is 0.383 e. The summed E-state index contributed by atoms with van der Waals surface area (Å²) in [4.78, 5) is 11.4. The van der Waals surface area contributed by atoms with Crippen molar-refractivity contribution in [3.63, 3.8) is 0 Å². The maximum Gasteiger partial charge on any atom is 0.233 e. The summed E-state index contributed by atoms with van der Waals surface area (Å²) in [5, 5.41) is 5.98. The molecule has 4 nitrogen and oxygen atoms in total. The Morgan fingerprint density at radius 2 is 2.12 bits per heavy atom. The molecule has 2 N–H and O–H groups in total. The Morgan fingerprint density at radius 3 is 2.62 bits per heavy atom. The zero-order valence-corrected chi connectivity index (χ0v) is 11.0. The van der Waals surface area contributed by atoms with Crippen LogP contribution in [0, 0.1) is 5.41 Å². The molecule has 0 atom stereocenters. The van der Waals surface area contributed by atoms with Crippen LogP contribution in [-0.2, 0) is 9.53 Å². The predicted octanol–water partition coefficient (Wildman–Crippen LogP) is 0.951. The van der Waals surface area contributed by atoms with Crippen molar-refractivity contribution in [2.45, 2.75) is 26.2 Å². The van der Waals surface area contributed by atoms with Crippen LogP contribution in [0.25, 0.3) is 0 Å². The molecule has 0 aliphatic heterocycles. The Bertz CT molecular complexity index is 208. The Morgan fingerprint density at radius 1 is 1.44 bits per heavy atom. The van der Waals surface area contributed by atoms with Gasteiger partial charge in [-0.25, -0.2) is 0 Å². The topological polar surface area (TPSA) is 50.4 Å². The molecule has 0 aromatic rings. The van der Waals surface area contributed by atoms with E-state index < -0.39 is 0 Å². The number of halogens is 1. The maximum absolute atomic E-state index is 11.4. The van der Waals surface area contributed by atoms with Crippen LogP contribution in [0.4, 0.5) is 0 Å². The number of carbonyl (C=O) groups is 1. The van der Waals surface area contributed by atoms with Crippen molar-refractivity contribution in [2.75, 3.05) is 33.4 Å². The van der Waals surface area contributed by atoms with Crippen LogP contribution < -0.4 is 10.6 Å². The number of methoxy groups -OCH3 is 1. The van der Waals surface area contributed by atoms with Gasteiger partial charge >= 0.3 is 0 Å². The third-order valence-corrected chi connectivity index (χ3v) is 3.04. The van der Waals surface area contributed by atoms with Gasteiger partial charge in [-0.3, -0.25) is 4.79 Å². The minimum atomic E-state index is 0. The van der Waals surface area contributed by atoms with Crippen molar-refractivity contribution in [3.8, 4) is 0 Å². The van der Waals surface area contributed by atoms with Gasteiger partial charge < -0.3 is 15.4 Å². The van der Waals surface area contributed by atoms with E-state index in [0.29, 0.717) is 18.6 Å². The highest BCUT2D eigenvalue weighted by Gasteiger charge is 2.31. The fraction of sp³-hybridized carbons (Fsp3) is 0.909. The molecule has 1 saturated carbocycles. The summed E-state index contributed by atoms with van der Waals surface area (Å²) in [7, 11) is 1.65. The van der Waals surface area contributed by atoms with E-state index in [1.807, 2.05) is 0 Å². The number of nitrogens with one attached hydrogen (secondary N) is 2. The molecular formula is C11H23ClN2O2. The van der Waals surface area contributed by atoms with Crippen molar-refractivity contribution in [1.82, 2.24) is 10.6 Å². The van der Waals surface area contributed by atoms with Gasteiger partial charge in [-0.05, 0) is 18.3 Å². The molecule has 16 heavy (non-hydrogen) atoms. The Hall–Kier alpha value is -0.320. The van der Waals surface area contributed by atoms with Crippen LogP contribution >= 0.6 is 12.4 Å². The second kappa shape index (κ2) is 7.87. The molecule has 0 spiro atoms. The minimum Gasteiger partial charge on any atom is -0.383 e. The number of rotatable bonds is 7. The molecule has 0 radical (unpaired) electrons. The monoisotopic (exact) mass is 250 g/mol. The second-order valence-electron chi connectivity index (χ2n) is 4.61. The Balaban J connectivity index is 0.00000225. The maximum atomic E-state index is 11.4. The van der Waals surface area contributed by atoms with Gasteiger partial charge in [-0.15, -0.1) is 12.4 Å². The quantitative estimate of drug-likeness (QED) is 0.662. The molecule has 0 aromatic carbocycles. The fourth-order valence-corrected chi connectivity index (χ4v) is 1.71. The van der Waals surface area contributed by atoms with Gasteiger partial charge in [0.1, 0.15) is 0 Å². The molecule has 0 bridgehead atoms. The first kappa shape index (κ1) is 15.7. The van der Waals surface area contributed by atoms with Gasteiger partial charge in [0.05, 0.1) is 13.2 Å². The van der Waals surface area contributed by atoms with Crippen molar-refractivity contribution < 1.29 is 9.53 Å². The lowest BCUT2D eigenvalue weighted by atomic mass is 9.70. The summed E-state index contributed by atoms with van der Waals surface area (Å²) in [5.41, 5.74) is 0.363. The van der Waals surface area contributed by atoms with Crippen LogP contribution in [-0.4, -0.2) is 39.3 Å². The number of ether oxygens (including phenoxy) is 1. The SMILES string of the molecule is COCCNCC(=O)NCC1(C)CCC1.Cl. The zero-order chi connectivity index (χ0) is 11.1. The summed E-state index contributed by atoms with van der Waals surface area (Å²) in [5.74, 6) is 0.0826. The molecule has 0 aromatic heterocycles. The molecular weight excluding hydrogens is 228 g/mol. The highest BCUT2D eigenvalue weighted by Crippen LogP contribution is 2.39. The zero-order valence-electron chi connectivity index (χ0n) is 10.2. The summed E-state index contributed by atoms with van der Waals surface area (Å²) < 4.78 is 4.87. The molecule has 1 rings (SSSR count). The third-order valence-electron chi connectivity index (χ3n) is 3.04. The molecule has 1 aliphatic carbocycles. The second-order valence-corrected chi connectivity index (χ2v) is 4.61. The lowest BCUT2D eigenvalue weighted by Crippen LogP contribution is -2.43. The molecule has 0 unspecified atom stereocenters. The van der Waals surface area contributed by atoms with Crippen molar-refractivity contribution in [1.29, 1.82) is 0 Å². The van der Waals surface area contributed by atoms with Crippen LogP contribution in [0.5, 0.6) is 0 Å². The average Bonchev–Trinajstić information content (AvgIpc) is 2.19. The summed E-state index contributed by atoms with van der Waals surface area (Å²) in [6, 6.07) is 0. The van der Waals surface area contributed by atoms with Crippen LogP contribution in [0.3, 0.4) is 0 Å². The molecule has 0 saturated heterocycles. The molecule has 1 aliphatic rings. The Labute approximate surface area is 104 Å². The van der Waals surface area contributed by atoms with Crippen molar-refractivity contribution in [3.05, 3.63) is 0 Å². The smallest absolute Gasteiger partial charge is 0.233 e. The molecule has 1 amide bonds. The van der Waals surface area contributed by atoms with Crippen LogP contribution in [0.2, 0.25) is 0 Å². The van der Waals surface area contributed by atoms with E-state index in [0.717, 1.165) is 13.1 Å². The normalized spacial score (nSPS) is 17.1. The van der Waals surface area contributed by atoms with Gasteiger partial charge in [-0.1, -0.05) is 13.3 Å². The highest BCUT2D eigenvalue weighted by atomic mass is 35.5. The summed E-state index contributed by atoms with van der Waals surface area (Å²) in [6.07, 6.45) is 3.78. The van der Waals surface area contributed by atoms with E-state index in [1.54, 1.807) is 7.11 Å². The van der Waals surface area contributed by atoms with E-state index in [2.05, 4.69) is 17.6 Å². The molecule has 1 fully saturated rings. The van der Waals surface area contributed by atoms with Gasteiger partial charge in [0, 0.05) is 20.2 Å². The highest BCUT2D eigenvalue weighted by molar-refractivity contribution is 5.85. The van der Waals surface area contributed by atoms with Gasteiger partial charge in [0.2, 0.25) is 5.91 Å². The van der Waals surface area contributed by atoms with Gasteiger partial charge in [0.25, 0.3) is 0 Å². The van der Waals surface area contributed by atoms with Gasteiger partial charge in [-0.2, -0.15) is 0 Å². The van der Waals surface area contributed by atoms with E-state index in [-0.39, 0.29) is 18.3 Å². The summed E-state index contributed by atoms with van der Waals surface area (Å²) >= 11 is 0. The number of hydrogen-bond acceptors (Lipinski definition) is 3. The average molecular weight is 251 g/mol. The van der Waals surface area contributed by atoms with Gasteiger partial charge in [0.15, 0.2) is 0 Å². The fourth-order valence-electron chi connectivity index (χ4n) is 1.71.